The molecule has 2 aliphatic rings. The fraction of sp³-hybridized carbons (Fsp3) is 0.929. The van der Waals surface area contributed by atoms with Crippen LogP contribution in [0.3, 0.4) is 0 Å². The third kappa shape index (κ3) is 2.58. The first kappa shape index (κ1) is 11.9. The summed E-state index contributed by atoms with van der Waals surface area (Å²) in [7, 11) is 0. The third-order valence-electron chi connectivity index (χ3n) is 4.47. The lowest BCUT2D eigenvalue weighted by Crippen LogP contribution is -2.39. The lowest BCUT2D eigenvalue weighted by atomic mass is 9.72. The molecule has 2 fully saturated rings. The Morgan fingerprint density at radius 2 is 2.06 bits per heavy atom. The number of hydrogen-bond donors (Lipinski definition) is 1. The van der Waals surface area contributed by atoms with Gasteiger partial charge in [0.15, 0.2) is 0 Å². The van der Waals surface area contributed by atoms with E-state index in [4.69, 9.17) is 0 Å². The second-order valence-corrected chi connectivity index (χ2v) is 5.91. The molecular formula is C14H25NO. The van der Waals surface area contributed by atoms with Gasteiger partial charge in [-0.1, -0.05) is 20.3 Å². The van der Waals surface area contributed by atoms with Crippen LogP contribution in [0.1, 0.15) is 58.8 Å². The molecule has 2 aliphatic carbocycles. The predicted octanol–water partition coefficient (Wildman–Crippen LogP) is 3.12. The van der Waals surface area contributed by atoms with E-state index in [9.17, 15) is 4.79 Å². The van der Waals surface area contributed by atoms with Gasteiger partial charge in [0.05, 0.1) is 0 Å². The molecule has 16 heavy (non-hydrogen) atoms. The van der Waals surface area contributed by atoms with Crippen LogP contribution in [0.4, 0.5) is 0 Å². The average Bonchev–Trinajstić information content (AvgIpc) is 3.01. The van der Waals surface area contributed by atoms with Crippen LogP contribution in [-0.2, 0) is 4.79 Å². The van der Waals surface area contributed by atoms with E-state index in [0.29, 0.717) is 5.91 Å². The van der Waals surface area contributed by atoms with Crippen LogP contribution in [0.5, 0.6) is 0 Å². The number of carbonyl (C=O) groups is 1. The van der Waals surface area contributed by atoms with Crippen molar-refractivity contribution in [3.05, 3.63) is 0 Å². The Hall–Kier alpha value is -0.530. The van der Waals surface area contributed by atoms with Crippen LogP contribution in [0.2, 0.25) is 0 Å². The zero-order valence-electron chi connectivity index (χ0n) is 10.7. The molecule has 0 aromatic rings. The van der Waals surface area contributed by atoms with Gasteiger partial charge >= 0.3 is 0 Å². The van der Waals surface area contributed by atoms with E-state index < -0.39 is 0 Å². The van der Waals surface area contributed by atoms with Crippen molar-refractivity contribution in [3.8, 4) is 0 Å². The van der Waals surface area contributed by atoms with Crippen LogP contribution in [0.15, 0.2) is 0 Å². The summed E-state index contributed by atoms with van der Waals surface area (Å²) in [5, 5.41) is 3.15. The van der Waals surface area contributed by atoms with E-state index in [0.717, 1.165) is 37.1 Å². The molecule has 0 aromatic carbocycles. The summed E-state index contributed by atoms with van der Waals surface area (Å²) in [5.41, 5.74) is 0.767. The van der Waals surface area contributed by atoms with Gasteiger partial charge in [0, 0.05) is 12.5 Å². The maximum Gasteiger partial charge on any atom is 0.223 e. The maximum atomic E-state index is 11.9. The Morgan fingerprint density at radius 1 is 1.38 bits per heavy atom. The Balaban J connectivity index is 1.62. The number of carbonyl (C=O) groups excluding carboxylic acids is 1. The van der Waals surface area contributed by atoms with Crippen LogP contribution in [0, 0.1) is 17.3 Å². The van der Waals surface area contributed by atoms with Gasteiger partial charge in [-0.05, 0) is 49.9 Å². The van der Waals surface area contributed by atoms with Crippen molar-refractivity contribution in [3.63, 3.8) is 0 Å². The van der Waals surface area contributed by atoms with Gasteiger partial charge in [-0.3, -0.25) is 4.79 Å². The van der Waals surface area contributed by atoms with Crippen molar-refractivity contribution in [2.75, 3.05) is 6.54 Å². The lowest BCUT2D eigenvalue weighted by Gasteiger charge is -2.36. The minimum atomic E-state index is 0.250. The normalized spacial score (nSPS) is 23.9. The Labute approximate surface area is 99.2 Å². The summed E-state index contributed by atoms with van der Waals surface area (Å²) in [6.45, 7) is 5.20. The molecule has 2 heteroatoms. The Bertz CT molecular complexity index is 249. The summed E-state index contributed by atoms with van der Waals surface area (Å²) >= 11 is 0. The quantitative estimate of drug-likeness (QED) is 0.736. The highest BCUT2D eigenvalue weighted by Gasteiger charge is 2.52. The van der Waals surface area contributed by atoms with Gasteiger partial charge in [-0.2, -0.15) is 0 Å². The molecule has 0 heterocycles. The largest absolute Gasteiger partial charge is 0.356 e. The number of amides is 1. The molecule has 1 spiro atoms. The van der Waals surface area contributed by atoms with Gasteiger partial charge in [0.25, 0.3) is 0 Å². The van der Waals surface area contributed by atoms with Gasteiger partial charge in [-0.25, -0.2) is 0 Å². The first-order valence-corrected chi connectivity index (χ1v) is 6.97. The van der Waals surface area contributed by atoms with E-state index in [-0.39, 0.29) is 5.92 Å². The van der Waals surface area contributed by atoms with Crippen LogP contribution >= 0.6 is 0 Å². The highest BCUT2D eigenvalue weighted by atomic mass is 16.1. The molecule has 92 valence electrons. The zero-order valence-corrected chi connectivity index (χ0v) is 10.7. The van der Waals surface area contributed by atoms with Crippen molar-refractivity contribution in [1.82, 2.24) is 5.32 Å². The summed E-state index contributed by atoms with van der Waals surface area (Å²) in [4.78, 5) is 11.9. The predicted molar refractivity (Wildman–Crippen MR) is 66.1 cm³/mol. The van der Waals surface area contributed by atoms with Crippen molar-refractivity contribution in [2.45, 2.75) is 58.8 Å². The zero-order chi connectivity index (χ0) is 11.6. The fourth-order valence-electron chi connectivity index (χ4n) is 3.15. The van der Waals surface area contributed by atoms with E-state index in [1.54, 1.807) is 0 Å². The molecule has 2 saturated carbocycles. The lowest BCUT2D eigenvalue weighted by molar-refractivity contribution is -0.125. The van der Waals surface area contributed by atoms with Gasteiger partial charge in [0.1, 0.15) is 0 Å². The summed E-state index contributed by atoms with van der Waals surface area (Å²) in [6.07, 6.45) is 8.77. The SMILES string of the molecule is CCCC(CC)C(=O)NCC1CC2(CC2)C1. The molecule has 1 N–H and O–H groups in total. The van der Waals surface area contributed by atoms with Crippen molar-refractivity contribution >= 4 is 5.91 Å². The standard InChI is InChI=1S/C14H25NO/c1-3-5-12(4-2)13(16)15-10-11-8-14(9-11)6-7-14/h11-12H,3-10H2,1-2H3,(H,15,16). The molecule has 2 nitrogen and oxygen atoms in total. The summed E-state index contributed by atoms with van der Waals surface area (Å²) in [5.74, 6) is 1.33. The van der Waals surface area contributed by atoms with Crippen LogP contribution in [-0.4, -0.2) is 12.5 Å². The smallest absolute Gasteiger partial charge is 0.223 e. The van der Waals surface area contributed by atoms with Gasteiger partial charge in [0.2, 0.25) is 5.91 Å². The molecule has 2 rings (SSSR count). The summed E-state index contributed by atoms with van der Waals surface area (Å²) in [6, 6.07) is 0. The van der Waals surface area contributed by atoms with E-state index in [1.165, 1.54) is 25.7 Å². The number of nitrogens with one attached hydrogen (secondary N) is 1. The van der Waals surface area contributed by atoms with Crippen molar-refractivity contribution in [2.24, 2.45) is 17.3 Å². The average molecular weight is 223 g/mol. The highest BCUT2D eigenvalue weighted by Crippen LogP contribution is 2.63. The third-order valence-corrected chi connectivity index (χ3v) is 4.47. The Kier molecular flexibility index (Phi) is 3.56. The van der Waals surface area contributed by atoms with Crippen molar-refractivity contribution < 1.29 is 4.79 Å². The summed E-state index contributed by atoms with van der Waals surface area (Å²) < 4.78 is 0. The van der Waals surface area contributed by atoms with Crippen LogP contribution in [0.25, 0.3) is 0 Å². The molecule has 0 bridgehead atoms. The van der Waals surface area contributed by atoms with E-state index in [1.807, 2.05) is 0 Å². The van der Waals surface area contributed by atoms with E-state index >= 15 is 0 Å². The number of hydrogen-bond acceptors (Lipinski definition) is 1. The van der Waals surface area contributed by atoms with Gasteiger partial charge in [-0.15, -0.1) is 0 Å². The minimum absolute atomic E-state index is 0.250. The molecule has 0 aliphatic heterocycles. The maximum absolute atomic E-state index is 11.9. The van der Waals surface area contributed by atoms with Crippen LogP contribution < -0.4 is 5.32 Å². The second-order valence-electron chi connectivity index (χ2n) is 5.91. The van der Waals surface area contributed by atoms with Gasteiger partial charge < -0.3 is 5.32 Å². The topological polar surface area (TPSA) is 29.1 Å². The molecule has 0 aromatic heterocycles. The molecule has 0 radical (unpaired) electrons. The molecular weight excluding hydrogens is 198 g/mol. The number of rotatable bonds is 6. The first-order chi connectivity index (χ1) is 7.69. The van der Waals surface area contributed by atoms with Crippen molar-refractivity contribution in [1.29, 1.82) is 0 Å². The molecule has 1 unspecified atom stereocenters. The first-order valence-electron chi connectivity index (χ1n) is 6.97. The fourth-order valence-corrected chi connectivity index (χ4v) is 3.15. The molecule has 1 amide bonds. The minimum Gasteiger partial charge on any atom is -0.356 e. The highest BCUT2D eigenvalue weighted by molar-refractivity contribution is 5.78. The molecule has 1 atom stereocenters. The Morgan fingerprint density at radius 3 is 2.56 bits per heavy atom. The monoisotopic (exact) mass is 223 g/mol. The molecule has 0 saturated heterocycles. The second kappa shape index (κ2) is 4.77. The van der Waals surface area contributed by atoms with E-state index in [2.05, 4.69) is 19.2 Å².